The summed E-state index contributed by atoms with van der Waals surface area (Å²) in [6.45, 7) is 3.69. The molecule has 87 valence electrons. The van der Waals surface area contributed by atoms with Crippen LogP contribution in [0.3, 0.4) is 0 Å². The van der Waals surface area contributed by atoms with Crippen LogP contribution in [-0.4, -0.2) is 11.9 Å². The molecule has 2 rings (SSSR count). The van der Waals surface area contributed by atoms with Crippen molar-refractivity contribution in [2.75, 3.05) is 10.6 Å². The van der Waals surface area contributed by atoms with Crippen LogP contribution in [0.2, 0.25) is 0 Å². The van der Waals surface area contributed by atoms with Gasteiger partial charge in [-0.05, 0) is 0 Å². The van der Waals surface area contributed by atoms with Crippen molar-refractivity contribution in [3.05, 3.63) is 23.5 Å². The number of carbonyl (C=O) groups is 1. The van der Waals surface area contributed by atoms with E-state index in [0.717, 1.165) is 0 Å². The Bertz CT molecular complexity index is 462. The summed E-state index contributed by atoms with van der Waals surface area (Å²) >= 11 is 3.76. The molecule has 1 aromatic carbocycles. The molecule has 0 radical (unpaired) electrons. The van der Waals surface area contributed by atoms with Gasteiger partial charge >= 0.3 is 101 Å². The van der Waals surface area contributed by atoms with E-state index in [9.17, 15) is 9.18 Å². The monoisotopic (exact) mass is 263 g/mol. The van der Waals surface area contributed by atoms with E-state index in [4.69, 9.17) is 5.73 Å². The van der Waals surface area contributed by atoms with E-state index in [0.29, 0.717) is 16.9 Å². The van der Waals surface area contributed by atoms with Crippen molar-refractivity contribution in [2.45, 2.75) is 24.7 Å². The second-order valence-electron chi connectivity index (χ2n) is 4.09. The Morgan fingerprint density at radius 3 is 2.69 bits per heavy atom. The number of anilines is 2. The molecule has 5 heteroatoms. The average molecular weight is 263 g/mol. The van der Waals surface area contributed by atoms with E-state index in [1.165, 1.54) is 11.0 Å². The van der Waals surface area contributed by atoms with Crippen LogP contribution in [0.4, 0.5) is 15.8 Å². The van der Waals surface area contributed by atoms with Gasteiger partial charge < -0.3 is 0 Å². The Hall–Kier alpha value is -1.06. The Balaban J connectivity index is 2.65. The number of halogens is 1. The van der Waals surface area contributed by atoms with E-state index in [-0.39, 0.29) is 11.9 Å². The first kappa shape index (κ1) is 11.4. The van der Waals surface area contributed by atoms with Crippen molar-refractivity contribution in [3.63, 3.8) is 0 Å². The van der Waals surface area contributed by atoms with Gasteiger partial charge in [0.15, 0.2) is 0 Å². The summed E-state index contributed by atoms with van der Waals surface area (Å²) in [5, 5.41) is 0. The van der Waals surface area contributed by atoms with Crippen LogP contribution < -0.4 is 10.6 Å². The van der Waals surface area contributed by atoms with Crippen LogP contribution in [-0.2, 0) is 20.8 Å². The molecule has 1 aromatic rings. The minimum absolute atomic E-state index is 0.0869. The number of fused-ring (bicyclic) bond motifs is 1. The van der Waals surface area contributed by atoms with Crippen molar-refractivity contribution in [1.82, 2.24) is 0 Å². The molecule has 2 N–H and O–H groups in total. The Labute approximate surface area is 102 Å². The van der Waals surface area contributed by atoms with Crippen LogP contribution in [0.25, 0.3) is 0 Å². The normalized spacial score (nSPS) is 19.4. The molecule has 1 aliphatic rings. The number of hydrogen-bond donors (Lipinski definition) is 1. The number of nitrogens with zero attached hydrogens (tertiary/aromatic N) is 1. The fourth-order valence-corrected chi connectivity index (χ4v) is 2.36. The van der Waals surface area contributed by atoms with Crippen LogP contribution >= 0.6 is 0 Å². The summed E-state index contributed by atoms with van der Waals surface area (Å²) in [5.74, 6) is -0.627. The Morgan fingerprint density at radius 2 is 2.12 bits per heavy atom. The van der Waals surface area contributed by atoms with Gasteiger partial charge in [-0.15, -0.1) is 0 Å². The van der Waals surface area contributed by atoms with E-state index in [1.54, 1.807) is 6.07 Å². The van der Waals surface area contributed by atoms with Gasteiger partial charge in [0.1, 0.15) is 0 Å². The number of nitrogen functional groups attached to an aromatic ring is 1. The van der Waals surface area contributed by atoms with Crippen molar-refractivity contribution in [3.8, 4) is 0 Å². The van der Waals surface area contributed by atoms with Gasteiger partial charge in [0.2, 0.25) is 0 Å². The predicted octanol–water partition coefficient (Wildman–Crippen LogP) is 1.75. The standard InChI is InChI=1S/C11H12FN2O.Fe/c1-6(2)14-10(15)4-7-3-8(13)5-9(12)11(7)14;/h3-6H,13H2,1-2H3;. The third kappa shape index (κ3) is 1.51. The van der Waals surface area contributed by atoms with Gasteiger partial charge in [-0.2, -0.15) is 0 Å². The Morgan fingerprint density at radius 1 is 1.50 bits per heavy atom. The van der Waals surface area contributed by atoms with Crippen LogP contribution in [0, 0.1) is 5.82 Å². The number of carbonyl (C=O) groups excluding carboxylic acids is 1. The van der Waals surface area contributed by atoms with Crippen LogP contribution in [0.1, 0.15) is 24.2 Å². The molecule has 1 atom stereocenters. The summed E-state index contributed by atoms with van der Waals surface area (Å²) in [6.07, 6.45) is 0. The van der Waals surface area contributed by atoms with Gasteiger partial charge in [0.25, 0.3) is 0 Å². The number of rotatable bonds is 1. The fraction of sp³-hybridized carbons (Fsp3) is 0.364. The number of nitrogens with two attached hydrogens (primary N) is 1. The molecule has 0 aliphatic carbocycles. The number of benzene rings is 1. The molecule has 0 spiro atoms. The molecule has 0 aromatic heterocycles. The molecular formula is C11H12FFeN2O. The fourth-order valence-electron chi connectivity index (χ4n) is 1.96. The second kappa shape index (κ2) is 3.75. The first-order valence-corrected chi connectivity index (χ1v) is 5.62. The minimum atomic E-state index is -0.560. The topological polar surface area (TPSA) is 46.3 Å². The van der Waals surface area contributed by atoms with Gasteiger partial charge in [-0.1, -0.05) is 0 Å². The number of hydrogen-bond acceptors (Lipinski definition) is 2. The third-order valence-corrected chi connectivity index (χ3v) is 3.20. The van der Waals surface area contributed by atoms with E-state index >= 15 is 0 Å². The molecule has 0 fully saturated rings. The quantitative estimate of drug-likeness (QED) is 0.619. The molecule has 0 bridgehead atoms. The molecule has 16 heavy (non-hydrogen) atoms. The van der Waals surface area contributed by atoms with E-state index < -0.39 is 10.6 Å². The second-order valence-corrected chi connectivity index (χ2v) is 4.73. The third-order valence-electron chi connectivity index (χ3n) is 2.59. The predicted molar refractivity (Wildman–Crippen MR) is 56.2 cm³/mol. The summed E-state index contributed by atoms with van der Waals surface area (Å²) in [6, 6.07) is 2.77. The maximum atomic E-state index is 13.8. The molecule has 3 nitrogen and oxygen atoms in total. The molecule has 1 amide bonds. The summed E-state index contributed by atoms with van der Waals surface area (Å²) in [7, 11) is 0. The SMILES string of the molecule is CC(C)N1C(=O)[CH]([Fe])c2cc(N)cc(F)c21. The molecule has 1 unspecified atom stereocenters. The summed E-state index contributed by atoms with van der Waals surface area (Å²) in [4.78, 5) is 12.8. The maximum absolute atomic E-state index is 13.8. The molecule has 1 heterocycles. The van der Waals surface area contributed by atoms with Crippen LogP contribution in [0.15, 0.2) is 12.1 Å². The van der Waals surface area contributed by atoms with Crippen molar-refractivity contribution < 1.29 is 25.2 Å². The number of amides is 1. The molecule has 1 aliphatic heterocycles. The summed E-state index contributed by atoms with van der Waals surface area (Å²) in [5.41, 5.74) is 6.79. The van der Waals surface area contributed by atoms with E-state index in [1.807, 2.05) is 13.8 Å². The van der Waals surface area contributed by atoms with Crippen molar-refractivity contribution >= 4 is 17.3 Å². The van der Waals surface area contributed by atoms with Gasteiger partial charge in [-0.25, -0.2) is 0 Å². The van der Waals surface area contributed by atoms with E-state index in [2.05, 4.69) is 16.0 Å². The molecule has 0 saturated carbocycles. The van der Waals surface area contributed by atoms with Crippen molar-refractivity contribution in [2.24, 2.45) is 0 Å². The molecular weight excluding hydrogens is 251 g/mol. The van der Waals surface area contributed by atoms with Gasteiger partial charge in [0.05, 0.1) is 0 Å². The zero-order chi connectivity index (χ0) is 12.0. The Kier molecular flexibility index (Phi) is 2.68. The zero-order valence-electron chi connectivity index (χ0n) is 8.97. The molecule has 0 saturated heterocycles. The van der Waals surface area contributed by atoms with Gasteiger partial charge in [-0.3, -0.25) is 0 Å². The van der Waals surface area contributed by atoms with Crippen molar-refractivity contribution in [1.29, 1.82) is 0 Å². The zero-order valence-corrected chi connectivity index (χ0v) is 10.1. The van der Waals surface area contributed by atoms with Crippen LogP contribution in [0.5, 0.6) is 0 Å². The first-order chi connectivity index (χ1) is 7.43. The first-order valence-electron chi connectivity index (χ1n) is 4.98. The van der Waals surface area contributed by atoms with Gasteiger partial charge in [0, 0.05) is 0 Å². The summed E-state index contributed by atoms with van der Waals surface area (Å²) < 4.78 is 13.8. The average Bonchev–Trinajstić information content (AvgIpc) is 2.42.